The molecule has 2 fully saturated rings. The second-order valence-electron chi connectivity index (χ2n) is 7.93. The number of benzene rings is 1. The molecule has 1 atom stereocenters. The van der Waals surface area contributed by atoms with Crippen LogP contribution in [0.15, 0.2) is 29.3 Å². The van der Waals surface area contributed by atoms with Gasteiger partial charge in [-0.15, -0.1) is 24.0 Å². The number of nitrogens with one attached hydrogen (secondary N) is 1. The Morgan fingerprint density at radius 1 is 1.24 bits per heavy atom. The van der Waals surface area contributed by atoms with Crippen molar-refractivity contribution in [2.75, 3.05) is 19.6 Å². The number of primary amides is 1. The molecule has 1 aromatic rings. The van der Waals surface area contributed by atoms with Gasteiger partial charge in [0.25, 0.3) is 0 Å². The molecule has 7 heteroatoms. The number of rotatable bonds is 7. The summed E-state index contributed by atoms with van der Waals surface area (Å²) in [6, 6.07) is 8.23. The van der Waals surface area contributed by atoms with E-state index < -0.39 is 0 Å². The fourth-order valence-electron chi connectivity index (χ4n) is 4.23. The number of guanidine groups is 1. The SMILES string of the molecule is CCNC(=NCc1ccccc1OC1CCCC1)N1CCCC(CC(N)=O)C1.I. The first-order valence-corrected chi connectivity index (χ1v) is 10.7. The van der Waals surface area contributed by atoms with E-state index in [4.69, 9.17) is 15.5 Å². The summed E-state index contributed by atoms with van der Waals surface area (Å²) in [5.41, 5.74) is 6.53. The van der Waals surface area contributed by atoms with Crippen molar-refractivity contribution in [1.29, 1.82) is 0 Å². The first-order chi connectivity index (χ1) is 13.7. The van der Waals surface area contributed by atoms with Crippen LogP contribution in [0.4, 0.5) is 0 Å². The molecular formula is C22H35IN4O2. The lowest BCUT2D eigenvalue weighted by Gasteiger charge is -2.34. The van der Waals surface area contributed by atoms with Gasteiger partial charge in [0.2, 0.25) is 5.91 Å². The molecule has 1 aliphatic heterocycles. The number of halogens is 1. The zero-order valence-electron chi connectivity index (χ0n) is 17.4. The van der Waals surface area contributed by atoms with Gasteiger partial charge < -0.3 is 20.7 Å². The molecule has 162 valence electrons. The normalized spacial score (nSPS) is 20.2. The Morgan fingerprint density at radius 3 is 2.72 bits per heavy atom. The van der Waals surface area contributed by atoms with Crippen LogP contribution in [0, 0.1) is 5.92 Å². The maximum atomic E-state index is 11.3. The van der Waals surface area contributed by atoms with Gasteiger partial charge in [-0.05, 0) is 57.4 Å². The molecule has 0 bridgehead atoms. The van der Waals surface area contributed by atoms with Gasteiger partial charge in [0.1, 0.15) is 5.75 Å². The largest absolute Gasteiger partial charge is 0.490 e. The lowest BCUT2D eigenvalue weighted by atomic mass is 9.95. The fraction of sp³-hybridized carbons (Fsp3) is 0.636. The summed E-state index contributed by atoms with van der Waals surface area (Å²) in [6.07, 6.45) is 7.72. The molecule has 0 radical (unpaired) electrons. The summed E-state index contributed by atoms with van der Waals surface area (Å²) in [7, 11) is 0. The highest BCUT2D eigenvalue weighted by Crippen LogP contribution is 2.27. The summed E-state index contributed by atoms with van der Waals surface area (Å²) in [5, 5.41) is 3.41. The van der Waals surface area contributed by atoms with Crippen molar-refractivity contribution < 1.29 is 9.53 Å². The molecule has 2 aliphatic rings. The minimum atomic E-state index is -0.216. The van der Waals surface area contributed by atoms with Crippen molar-refractivity contribution >= 4 is 35.8 Å². The van der Waals surface area contributed by atoms with E-state index in [9.17, 15) is 4.79 Å². The maximum absolute atomic E-state index is 11.3. The van der Waals surface area contributed by atoms with Gasteiger partial charge in [0.05, 0.1) is 12.6 Å². The summed E-state index contributed by atoms with van der Waals surface area (Å²) < 4.78 is 6.25. The van der Waals surface area contributed by atoms with Crippen LogP contribution in [0.1, 0.15) is 57.4 Å². The average molecular weight is 514 g/mol. The molecule has 0 spiro atoms. The van der Waals surface area contributed by atoms with Crippen molar-refractivity contribution in [3.05, 3.63) is 29.8 Å². The first-order valence-electron chi connectivity index (χ1n) is 10.7. The van der Waals surface area contributed by atoms with Crippen LogP contribution < -0.4 is 15.8 Å². The monoisotopic (exact) mass is 514 g/mol. The molecule has 1 saturated carbocycles. The van der Waals surface area contributed by atoms with Crippen molar-refractivity contribution in [3.8, 4) is 5.75 Å². The van der Waals surface area contributed by atoms with Crippen molar-refractivity contribution in [2.45, 2.75) is 64.5 Å². The molecule has 1 aromatic carbocycles. The molecule has 1 unspecified atom stereocenters. The number of carbonyl (C=O) groups is 1. The fourth-order valence-corrected chi connectivity index (χ4v) is 4.23. The van der Waals surface area contributed by atoms with Gasteiger partial charge >= 0.3 is 0 Å². The maximum Gasteiger partial charge on any atom is 0.217 e. The smallest absolute Gasteiger partial charge is 0.217 e. The number of para-hydroxylation sites is 1. The van der Waals surface area contributed by atoms with E-state index in [1.165, 1.54) is 12.8 Å². The topological polar surface area (TPSA) is 80.0 Å². The van der Waals surface area contributed by atoms with Crippen LogP contribution in [-0.2, 0) is 11.3 Å². The van der Waals surface area contributed by atoms with E-state index in [-0.39, 0.29) is 29.9 Å². The Kier molecular flexibility index (Phi) is 10.0. The van der Waals surface area contributed by atoms with Crippen LogP contribution in [0.25, 0.3) is 0 Å². The number of likely N-dealkylation sites (tertiary alicyclic amines) is 1. The number of carbonyl (C=O) groups excluding carboxylic acids is 1. The molecule has 1 saturated heterocycles. The Morgan fingerprint density at radius 2 is 2.00 bits per heavy atom. The number of nitrogens with two attached hydrogens (primary N) is 1. The number of nitrogens with zero attached hydrogens (tertiary/aromatic N) is 2. The Balaban J connectivity index is 0.00000300. The van der Waals surface area contributed by atoms with Crippen LogP contribution >= 0.6 is 24.0 Å². The van der Waals surface area contributed by atoms with Crippen LogP contribution in [0.3, 0.4) is 0 Å². The Bertz CT molecular complexity index is 677. The van der Waals surface area contributed by atoms with E-state index >= 15 is 0 Å². The number of aliphatic imine (C=N–C) groups is 1. The third-order valence-electron chi connectivity index (χ3n) is 5.61. The third kappa shape index (κ3) is 7.35. The van der Waals surface area contributed by atoms with Crippen LogP contribution in [0.5, 0.6) is 5.75 Å². The summed E-state index contributed by atoms with van der Waals surface area (Å²) in [5.74, 6) is 1.96. The predicted octanol–water partition coefficient (Wildman–Crippen LogP) is 3.68. The van der Waals surface area contributed by atoms with Gasteiger partial charge in [-0.3, -0.25) is 4.79 Å². The standard InChI is InChI=1S/C22H34N4O2.HI/c1-2-24-22(26-13-7-8-17(16-26)14-21(23)27)25-15-18-9-3-6-12-20(18)28-19-10-4-5-11-19;/h3,6,9,12,17,19H,2,4-5,7-8,10-11,13-16H2,1H3,(H2,23,27)(H,24,25);1H. The first kappa shape index (κ1) is 23.8. The second kappa shape index (κ2) is 12.2. The molecule has 6 nitrogen and oxygen atoms in total. The molecule has 29 heavy (non-hydrogen) atoms. The number of hydrogen-bond acceptors (Lipinski definition) is 3. The summed E-state index contributed by atoms with van der Waals surface area (Å²) in [4.78, 5) is 18.5. The summed E-state index contributed by atoms with van der Waals surface area (Å²) >= 11 is 0. The molecule has 0 aromatic heterocycles. The van der Waals surface area contributed by atoms with E-state index in [0.717, 1.165) is 62.6 Å². The highest BCUT2D eigenvalue weighted by molar-refractivity contribution is 14.0. The van der Waals surface area contributed by atoms with Gasteiger partial charge in [-0.2, -0.15) is 0 Å². The highest BCUT2D eigenvalue weighted by Gasteiger charge is 2.24. The zero-order chi connectivity index (χ0) is 19.8. The molecule has 3 rings (SSSR count). The van der Waals surface area contributed by atoms with E-state index in [2.05, 4.69) is 29.3 Å². The molecule has 3 N–H and O–H groups in total. The van der Waals surface area contributed by atoms with Gasteiger partial charge in [-0.1, -0.05) is 18.2 Å². The van der Waals surface area contributed by atoms with Crippen LogP contribution in [0.2, 0.25) is 0 Å². The quantitative estimate of drug-likeness (QED) is 0.331. The minimum absolute atomic E-state index is 0. The van der Waals surface area contributed by atoms with Crippen molar-refractivity contribution in [3.63, 3.8) is 0 Å². The Labute approximate surface area is 191 Å². The molecular weight excluding hydrogens is 479 g/mol. The molecule has 1 aliphatic carbocycles. The highest BCUT2D eigenvalue weighted by atomic mass is 127. The van der Waals surface area contributed by atoms with E-state index in [0.29, 0.717) is 25.0 Å². The second-order valence-corrected chi connectivity index (χ2v) is 7.93. The van der Waals surface area contributed by atoms with Gasteiger partial charge in [-0.25, -0.2) is 4.99 Å². The van der Waals surface area contributed by atoms with E-state index in [1.807, 2.05) is 12.1 Å². The van der Waals surface area contributed by atoms with Gasteiger partial charge in [0.15, 0.2) is 5.96 Å². The van der Waals surface area contributed by atoms with Gasteiger partial charge in [0, 0.05) is 31.6 Å². The zero-order valence-corrected chi connectivity index (χ0v) is 19.8. The summed E-state index contributed by atoms with van der Waals surface area (Å²) in [6.45, 7) is 5.27. The van der Waals surface area contributed by atoms with E-state index in [1.54, 1.807) is 0 Å². The number of amides is 1. The lowest BCUT2D eigenvalue weighted by Crippen LogP contribution is -2.47. The average Bonchev–Trinajstić information content (AvgIpc) is 3.19. The Hall–Kier alpha value is -1.51. The molecule has 1 heterocycles. The minimum Gasteiger partial charge on any atom is -0.490 e. The number of piperidine rings is 1. The van der Waals surface area contributed by atoms with Crippen LogP contribution in [-0.4, -0.2) is 42.5 Å². The van der Waals surface area contributed by atoms with Crippen molar-refractivity contribution in [1.82, 2.24) is 10.2 Å². The number of hydrogen-bond donors (Lipinski definition) is 2. The molecule has 1 amide bonds. The predicted molar refractivity (Wildman–Crippen MR) is 128 cm³/mol. The third-order valence-corrected chi connectivity index (χ3v) is 5.61. The number of ether oxygens (including phenoxy) is 1. The lowest BCUT2D eigenvalue weighted by molar-refractivity contribution is -0.119. The van der Waals surface area contributed by atoms with Crippen molar-refractivity contribution in [2.24, 2.45) is 16.6 Å².